The Bertz CT molecular complexity index is 425. The van der Waals surface area contributed by atoms with Gasteiger partial charge in [0, 0.05) is 7.11 Å². The third kappa shape index (κ3) is 3.20. The molecule has 112 valence electrons. The van der Waals surface area contributed by atoms with Gasteiger partial charge in [0.25, 0.3) is 0 Å². The predicted molar refractivity (Wildman–Crippen MR) is 73.1 cm³/mol. The molecule has 2 fully saturated rings. The maximum Gasteiger partial charge on any atom is 0.229 e. The van der Waals surface area contributed by atoms with E-state index in [1.807, 2.05) is 0 Å². The summed E-state index contributed by atoms with van der Waals surface area (Å²) in [6.07, 6.45) is 8.49. The average Bonchev–Trinajstić information content (AvgIpc) is 3.23. The van der Waals surface area contributed by atoms with Crippen molar-refractivity contribution in [1.29, 1.82) is 0 Å². The molecule has 2 atom stereocenters. The van der Waals surface area contributed by atoms with Gasteiger partial charge in [-0.15, -0.1) is 0 Å². The van der Waals surface area contributed by atoms with E-state index in [1.165, 1.54) is 32.1 Å². The van der Waals surface area contributed by atoms with Gasteiger partial charge in [-0.05, 0) is 37.5 Å². The van der Waals surface area contributed by atoms with Gasteiger partial charge in [0.05, 0.1) is 12.5 Å². The summed E-state index contributed by atoms with van der Waals surface area (Å²) >= 11 is 0. The van der Waals surface area contributed by atoms with Crippen LogP contribution in [0.25, 0.3) is 0 Å². The van der Waals surface area contributed by atoms with Crippen molar-refractivity contribution >= 4 is 0 Å². The first-order chi connectivity index (χ1) is 9.78. The molecular weight excluding hydrogens is 256 g/mol. The standard InChI is InChI=1S/C15H24N2O3/c1-19-14(11-5-3-2-4-6-11)15-16-13(20-17-15)9-12(18)10-7-8-10/h10-12,14,18H,2-9H2,1H3. The van der Waals surface area contributed by atoms with Crippen LogP contribution in [0.3, 0.4) is 0 Å². The second kappa shape index (κ2) is 6.22. The molecule has 2 aliphatic carbocycles. The number of aliphatic hydroxyl groups excluding tert-OH is 1. The highest BCUT2D eigenvalue weighted by atomic mass is 16.5. The van der Waals surface area contributed by atoms with E-state index in [9.17, 15) is 5.11 Å². The van der Waals surface area contributed by atoms with Crippen LogP contribution in [0.5, 0.6) is 0 Å². The van der Waals surface area contributed by atoms with E-state index in [0.29, 0.717) is 30.0 Å². The van der Waals surface area contributed by atoms with Crippen molar-refractivity contribution in [3.05, 3.63) is 11.7 Å². The molecule has 1 aromatic rings. The van der Waals surface area contributed by atoms with Gasteiger partial charge in [-0.1, -0.05) is 24.4 Å². The Morgan fingerprint density at radius 3 is 2.60 bits per heavy atom. The molecule has 0 radical (unpaired) electrons. The third-order valence-corrected chi connectivity index (χ3v) is 4.62. The van der Waals surface area contributed by atoms with Gasteiger partial charge < -0.3 is 14.4 Å². The first-order valence-corrected chi connectivity index (χ1v) is 7.81. The van der Waals surface area contributed by atoms with E-state index in [4.69, 9.17) is 9.26 Å². The van der Waals surface area contributed by atoms with E-state index in [2.05, 4.69) is 10.1 Å². The number of hydrogen-bond acceptors (Lipinski definition) is 5. The molecule has 0 saturated heterocycles. The van der Waals surface area contributed by atoms with Gasteiger partial charge in [0.15, 0.2) is 0 Å². The molecular formula is C15H24N2O3. The molecule has 2 unspecified atom stereocenters. The second-order valence-corrected chi connectivity index (χ2v) is 6.21. The summed E-state index contributed by atoms with van der Waals surface area (Å²) in [5.41, 5.74) is 0. The van der Waals surface area contributed by atoms with E-state index >= 15 is 0 Å². The fraction of sp³-hybridized carbons (Fsp3) is 0.867. The minimum atomic E-state index is -0.334. The summed E-state index contributed by atoms with van der Waals surface area (Å²) in [4.78, 5) is 4.44. The molecule has 2 aliphatic rings. The minimum Gasteiger partial charge on any atom is -0.392 e. The van der Waals surface area contributed by atoms with Crippen molar-refractivity contribution in [1.82, 2.24) is 10.1 Å². The number of nitrogens with zero attached hydrogens (tertiary/aromatic N) is 2. The molecule has 2 saturated carbocycles. The van der Waals surface area contributed by atoms with Crippen LogP contribution in [-0.2, 0) is 11.2 Å². The predicted octanol–water partition coefficient (Wildman–Crippen LogP) is 2.65. The minimum absolute atomic E-state index is 0.0640. The summed E-state index contributed by atoms with van der Waals surface area (Å²) in [7, 11) is 1.72. The molecule has 1 aromatic heterocycles. The fourth-order valence-electron chi connectivity index (χ4n) is 3.24. The van der Waals surface area contributed by atoms with Crippen LogP contribution in [0.15, 0.2) is 4.52 Å². The lowest BCUT2D eigenvalue weighted by Crippen LogP contribution is -2.19. The van der Waals surface area contributed by atoms with Crippen LogP contribution in [0, 0.1) is 11.8 Å². The summed E-state index contributed by atoms with van der Waals surface area (Å²) in [5.74, 6) is 2.11. The van der Waals surface area contributed by atoms with Gasteiger partial charge in [-0.2, -0.15) is 4.98 Å². The molecule has 20 heavy (non-hydrogen) atoms. The van der Waals surface area contributed by atoms with Crippen LogP contribution in [0.2, 0.25) is 0 Å². The second-order valence-electron chi connectivity index (χ2n) is 6.21. The fourth-order valence-corrected chi connectivity index (χ4v) is 3.24. The van der Waals surface area contributed by atoms with Crippen molar-refractivity contribution < 1.29 is 14.4 Å². The summed E-state index contributed by atoms with van der Waals surface area (Å²) < 4.78 is 10.9. The van der Waals surface area contributed by atoms with Crippen LogP contribution in [0.1, 0.15) is 62.8 Å². The number of aromatic nitrogens is 2. The Labute approximate surface area is 119 Å². The van der Waals surface area contributed by atoms with E-state index in [0.717, 1.165) is 12.8 Å². The van der Waals surface area contributed by atoms with Crippen LogP contribution in [0.4, 0.5) is 0 Å². The van der Waals surface area contributed by atoms with Crippen molar-refractivity contribution in [3.8, 4) is 0 Å². The Kier molecular flexibility index (Phi) is 4.36. The maximum atomic E-state index is 9.94. The highest BCUT2D eigenvalue weighted by Gasteiger charge is 2.32. The molecule has 0 spiro atoms. The average molecular weight is 280 g/mol. The first kappa shape index (κ1) is 14.0. The van der Waals surface area contributed by atoms with E-state index in [-0.39, 0.29) is 12.2 Å². The molecule has 0 bridgehead atoms. The van der Waals surface area contributed by atoms with Gasteiger partial charge in [0.1, 0.15) is 6.10 Å². The lowest BCUT2D eigenvalue weighted by Gasteiger charge is -2.26. The quantitative estimate of drug-likeness (QED) is 0.867. The van der Waals surface area contributed by atoms with Crippen LogP contribution in [-0.4, -0.2) is 28.5 Å². The maximum absolute atomic E-state index is 9.94. The topological polar surface area (TPSA) is 68.4 Å². The smallest absolute Gasteiger partial charge is 0.229 e. The monoisotopic (exact) mass is 280 g/mol. The van der Waals surface area contributed by atoms with E-state index < -0.39 is 0 Å². The van der Waals surface area contributed by atoms with Crippen LogP contribution >= 0.6 is 0 Å². The Morgan fingerprint density at radius 1 is 1.20 bits per heavy atom. The highest BCUT2D eigenvalue weighted by molar-refractivity contribution is 4.97. The number of ether oxygens (including phenoxy) is 1. The zero-order chi connectivity index (χ0) is 13.9. The summed E-state index contributed by atoms with van der Waals surface area (Å²) in [6.45, 7) is 0. The van der Waals surface area contributed by atoms with Gasteiger partial charge >= 0.3 is 0 Å². The molecule has 5 heteroatoms. The highest BCUT2D eigenvalue weighted by Crippen LogP contribution is 2.36. The number of aliphatic hydroxyl groups is 1. The van der Waals surface area contributed by atoms with E-state index in [1.54, 1.807) is 7.11 Å². The van der Waals surface area contributed by atoms with Crippen LogP contribution < -0.4 is 0 Å². The zero-order valence-electron chi connectivity index (χ0n) is 12.1. The van der Waals surface area contributed by atoms with Crippen molar-refractivity contribution in [2.24, 2.45) is 11.8 Å². The Balaban J connectivity index is 1.63. The van der Waals surface area contributed by atoms with Crippen molar-refractivity contribution in [3.63, 3.8) is 0 Å². The Morgan fingerprint density at radius 2 is 1.95 bits per heavy atom. The number of methoxy groups -OCH3 is 1. The SMILES string of the molecule is COC(c1noc(CC(O)C2CC2)n1)C1CCCCC1. The molecule has 1 heterocycles. The normalized spacial score (nSPS) is 23.7. The number of rotatable bonds is 6. The summed E-state index contributed by atoms with van der Waals surface area (Å²) in [5, 5.41) is 14.0. The lowest BCUT2D eigenvalue weighted by atomic mass is 9.85. The molecule has 1 N–H and O–H groups in total. The summed E-state index contributed by atoms with van der Waals surface area (Å²) in [6, 6.07) is 0. The molecule has 5 nitrogen and oxygen atoms in total. The molecule has 0 aromatic carbocycles. The Hall–Kier alpha value is -0.940. The van der Waals surface area contributed by atoms with Gasteiger partial charge in [-0.3, -0.25) is 0 Å². The van der Waals surface area contributed by atoms with Crippen molar-refractivity contribution in [2.75, 3.05) is 7.11 Å². The molecule has 3 rings (SSSR count). The number of hydrogen-bond donors (Lipinski definition) is 1. The third-order valence-electron chi connectivity index (χ3n) is 4.62. The zero-order valence-corrected chi connectivity index (χ0v) is 12.1. The van der Waals surface area contributed by atoms with Gasteiger partial charge in [0.2, 0.25) is 11.7 Å². The lowest BCUT2D eigenvalue weighted by molar-refractivity contribution is 0.0273. The molecule has 0 aliphatic heterocycles. The molecule has 0 amide bonds. The first-order valence-electron chi connectivity index (χ1n) is 7.81. The van der Waals surface area contributed by atoms with Gasteiger partial charge in [-0.25, -0.2) is 0 Å². The largest absolute Gasteiger partial charge is 0.392 e. The van der Waals surface area contributed by atoms with Crippen molar-refractivity contribution in [2.45, 2.75) is 63.6 Å².